The van der Waals surface area contributed by atoms with Gasteiger partial charge in [-0.2, -0.15) is 0 Å². The molecule has 0 aromatic carbocycles. The molecule has 0 aromatic rings. The van der Waals surface area contributed by atoms with Gasteiger partial charge in [0.1, 0.15) is 5.78 Å². The number of likely N-dealkylation sites (tertiary alicyclic amines) is 1. The van der Waals surface area contributed by atoms with Crippen molar-refractivity contribution in [3.05, 3.63) is 0 Å². The van der Waals surface area contributed by atoms with E-state index in [1.165, 1.54) is 0 Å². The van der Waals surface area contributed by atoms with Gasteiger partial charge in [0.25, 0.3) is 0 Å². The summed E-state index contributed by atoms with van der Waals surface area (Å²) in [6, 6.07) is 0.0865. The van der Waals surface area contributed by atoms with E-state index in [4.69, 9.17) is 4.74 Å². The van der Waals surface area contributed by atoms with Gasteiger partial charge in [0.05, 0.1) is 6.61 Å². The van der Waals surface area contributed by atoms with E-state index in [0.29, 0.717) is 24.7 Å². The first kappa shape index (κ1) is 14.4. The fourth-order valence-corrected chi connectivity index (χ4v) is 3.17. The number of nitrogens with zero attached hydrogens (tertiary/aromatic N) is 1. The predicted octanol–water partition coefficient (Wildman–Crippen LogP) is 3.00. The Bertz CT molecular complexity index is 340. The van der Waals surface area contributed by atoms with Crippen LogP contribution in [0.5, 0.6) is 0 Å². The minimum absolute atomic E-state index is 0.0619. The Balaban J connectivity index is 1.99. The SMILES string of the molecule is CC(C)COC(=O)N1CCCCC1C1CCCC1=O. The van der Waals surface area contributed by atoms with Crippen LogP contribution >= 0.6 is 0 Å². The molecule has 4 heteroatoms. The number of carbonyl (C=O) groups excluding carboxylic acids is 2. The van der Waals surface area contributed by atoms with Crippen molar-refractivity contribution in [2.75, 3.05) is 13.2 Å². The van der Waals surface area contributed by atoms with Gasteiger partial charge in [-0.15, -0.1) is 0 Å². The molecule has 1 saturated heterocycles. The highest BCUT2D eigenvalue weighted by Crippen LogP contribution is 2.32. The maximum atomic E-state index is 12.2. The molecule has 0 bridgehead atoms. The summed E-state index contributed by atoms with van der Waals surface area (Å²) in [7, 11) is 0. The maximum absolute atomic E-state index is 12.2. The number of amides is 1. The molecule has 0 aromatic heterocycles. The van der Waals surface area contributed by atoms with Crippen molar-refractivity contribution in [3.63, 3.8) is 0 Å². The first-order chi connectivity index (χ1) is 9.09. The minimum atomic E-state index is -0.224. The van der Waals surface area contributed by atoms with Gasteiger partial charge in [0.15, 0.2) is 0 Å². The van der Waals surface area contributed by atoms with Crippen LogP contribution < -0.4 is 0 Å². The summed E-state index contributed by atoms with van der Waals surface area (Å²) in [5.74, 6) is 0.751. The van der Waals surface area contributed by atoms with E-state index in [1.807, 2.05) is 18.7 Å². The number of hydrogen-bond acceptors (Lipinski definition) is 3. The van der Waals surface area contributed by atoms with Crippen LogP contribution in [0.4, 0.5) is 4.79 Å². The quantitative estimate of drug-likeness (QED) is 0.789. The molecule has 1 saturated carbocycles. The molecule has 2 aliphatic rings. The molecule has 108 valence electrons. The Labute approximate surface area is 115 Å². The third-order valence-electron chi connectivity index (χ3n) is 4.14. The lowest BCUT2D eigenvalue weighted by atomic mass is 9.89. The molecular formula is C15H25NO3. The lowest BCUT2D eigenvalue weighted by Crippen LogP contribution is -2.49. The van der Waals surface area contributed by atoms with Crippen molar-refractivity contribution in [1.82, 2.24) is 4.90 Å². The van der Waals surface area contributed by atoms with E-state index in [0.717, 1.165) is 38.6 Å². The average molecular weight is 267 g/mol. The van der Waals surface area contributed by atoms with Crippen molar-refractivity contribution < 1.29 is 14.3 Å². The molecule has 0 N–H and O–H groups in total. The number of ether oxygens (including phenoxy) is 1. The van der Waals surface area contributed by atoms with Crippen LogP contribution in [0.15, 0.2) is 0 Å². The van der Waals surface area contributed by atoms with E-state index in [2.05, 4.69) is 0 Å². The second kappa shape index (κ2) is 6.40. The summed E-state index contributed by atoms with van der Waals surface area (Å²) in [6.07, 6.45) is 5.48. The fourth-order valence-electron chi connectivity index (χ4n) is 3.17. The molecule has 1 aliphatic carbocycles. The van der Waals surface area contributed by atoms with E-state index in [9.17, 15) is 9.59 Å². The number of ketones is 1. The third-order valence-corrected chi connectivity index (χ3v) is 4.14. The van der Waals surface area contributed by atoms with Gasteiger partial charge in [-0.1, -0.05) is 13.8 Å². The molecule has 2 atom stereocenters. The second-order valence-electron chi connectivity index (χ2n) is 6.19. The normalized spacial score (nSPS) is 27.9. The van der Waals surface area contributed by atoms with E-state index in [-0.39, 0.29) is 18.1 Å². The summed E-state index contributed by atoms with van der Waals surface area (Å²) < 4.78 is 5.34. The van der Waals surface area contributed by atoms with Crippen LogP contribution in [0, 0.1) is 11.8 Å². The summed E-state index contributed by atoms with van der Waals surface area (Å²) in [6.45, 7) is 5.26. The molecule has 4 nitrogen and oxygen atoms in total. The Morgan fingerprint density at radius 3 is 2.74 bits per heavy atom. The standard InChI is InChI=1S/C15H25NO3/c1-11(2)10-19-15(18)16-9-4-3-7-13(16)12-6-5-8-14(12)17/h11-13H,3-10H2,1-2H3. The Morgan fingerprint density at radius 1 is 1.32 bits per heavy atom. The highest BCUT2D eigenvalue weighted by Gasteiger charge is 2.39. The van der Waals surface area contributed by atoms with Crippen LogP contribution in [-0.2, 0) is 9.53 Å². The van der Waals surface area contributed by atoms with E-state index < -0.39 is 0 Å². The molecule has 0 spiro atoms. The number of piperidine rings is 1. The van der Waals surface area contributed by atoms with Crippen molar-refractivity contribution in [1.29, 1.82) is 0 Å². The monoisotopic (exact) mass is 267 g/mol. The zero-order chi connectivity index (χ0) is 13.8. The van der Waals surface area contributed by atoms with Gasteiger partial charge >= 0.3 is 6.09 Å². The van der Waals surface area contributed by atoms with Crippen molar-refractivity contribution in [3.8, 4) is 0 Å². The van der Waals surface area contributed by atoms with Crippen molar-refractivity contribution >= 4 is 11.9 Å². The first-order valence-electron chi connectivity index (χ1n) is 7.55. The van der Waals surface area contributed by atoms with Crippen molar-refractivity contribution in [2.24, 2.45) is 11.8 Å². The number of rotatable bonds is 3. The number of carbonyl (C=O) groups is 2. The number of hydrogen-bond donors (Lipinski definition) is 0. The van der Waals surface area contributed by atoms with Gasteiger partial charge in [-0.05, 0) is 38.0 Å². The molecule has 1 amide bonds. The molecule has 19 heavy (non-hydrogen) atoms. The summed E-state index contributed by atoms with van der Waals surface area (Å²) in [4.78, 5) is 25.9. The van der Waals surface area contributed by atoms with Gasteiger partial charge in [-0.3, -0.25) is 4.79 Å². The van der Waals surface area contributed by atoms with E-state index >= 15 is 0 Å². The minimum Gasteiger partial charge on any atom is -0.449 e. The van der Waals surface area contributed by atoms with Crippen LogP contribution in [-0.4, -0.2) is 36.0 Å². The predicted molar refractivity (Wildman–Crippen MR) is 72.9 cm³/mol. The second-order valence-corrected chi connectivity index (χ2v) is 6.19. The molecule has 2 unspecified atom stereocenters. The molecule has 1 heterocycles. The smallest absolute Gasteiger partial charge is 0.410 e. The third kappa shape index (κ3) is 3.48. The summed E-state index contributed by atoms with van der Waals surface area (Å²) in [5, 5.41) is 0. The molecule has 0 radical (unpaired) electrons. The highest BCUT2D eigenvalue weighted by molar-refractivity contribution is 5.84. The van der Waals surface area contributed by atoms with Crippen LogP contribution in [0.2, 0.25) is 0 Å². The van der Waals surface area contributed by atoms with Crippen LogP contribution in [0.1, 0.15) is 52.4 Å². The topological polar surface area (TPSA) is 46.6 Å². The number of Topliss-reactive ketones (excluding diaryl/α,β-unsaturated/α-hetero) is 1. The lowest BCUT2D eigenvalue weighted by molar-refractivity contribution is -0.122. The van der Waals surface area contributed by atoms with E-state index in [1.54, 1.807) is 0 Å². The molecule has 1 aliphatic heterocycles. The molecule has 2 rings (SSSR count). The Morgan fingerprint density at radius 2 is 2.11 bits per heavy atom. The Hall–Kier alpha value is -1.06. The first-order valence-corrected chi connectivity index (χ1v) is 7.55. The largest absolute Gasteiger partial charge is 0.449 e. The highest BCUT2D eigenvalue weighted by atomic mass is 16.6. The molecule has 2 fully saturated rings. The summed E-state index contributed by atoms with van der Waals surface area (Å²) >= 11 is 0. The van der Waals surface area contributed by atoms with Crippen molar-refractivity contribution in [2.45, 2.75) is 58.4 Å². The van der Waals surface area contributed by atoms with Gasteiger partial charge in [0, 0.05) is 24.9 Å². The zero-order valence-corrected chi connectivity index (χ0v) is 12.1. The fraction of sp³-hybridized carbons (Fsp3) is 0.867. The zero-order valence-electron chi connectivity index (χ0n) is 12.1. The average Bonchev–Trinajstić information content (AvgIpc) is 2.82. The summed E-state index contributed by atoms with van der Waals surface area (Å²) in [5.41, 5.74) is 0. The Kier molecular flexibility index (Phi) is 4.83. The molecular weight excluding hydrogens is 242 g/mol. The van der Waals surface area contributed by atoms with Gasteiger partial charge < -0.3 is 9.64 Å². The maximum Gasteiger partial charge on any atom is 0.410 e. The van der Waals surface area contributed by atoms with Gasteiger partial charge in [0.2, 0.25) is 0 Å². The van der Waals surface area contributed by atoms with Gasteiger partial charge in [-0.25, -0.2) is 4.79 Å². The van der Waals surface area contributed by atoms with Crippen LogP contribution in [0.25, 0.3) is 0 Å². The van der Waals surface area contributed by atoms with Crippen LogP contribution in [0.3, 0.4) is 0 Å². The lowest BCUT2D eigenvalue weighted by Gasteiger charge is -2.38.